The fourth-order valence-corrected chi connectivity index (χ4v) is 4.29. The lowest BCUT2D eigenvalue weighted by molar-refractivity contribution is -0.115. The van der Waals surface area contributed by atoms with E-state index in [1.165, 1.54) is 5.56 Å². The fourth-order valence-electron chi connectivity index (χ4n) is 3.61. The molecule has 0 radical (unpaired) electrons. The standard InChI is InChI=1S/C24H27N5O2S/c1-4-13-32-24-27-23-26-16(3)20(22(25)30)21(29(23)28-24)18-9-11-19(12-10-18)31-14-17-7-5-15(2)6-8-17/h5-12,21H,4,13-14H2,1-3H3,(H2,25,30)(H,26,27,28). The maximum Gasteiger partial charge on any atom is 0.248 e. The SMILES string of the molecule is CCCSc1nc2n(n1)C(c1ccc(OCc3ccc(C)cc3)cc1)C(C(N)=O)=C(C)N2. The van der Waals surface area contributed by atoms with Gasteiger partial charge in [-0.05, 0) is 43.5 Å². The number of fused-ring (bicyclic) bond motifs is 1. The lowest BCUT2D eigenvalue weighted by Gasteiger charge is -2.27. The van der Waals surface area contributed by atoms with Gasteiger partial charge < -0.3 is 15.8 Å². The molecule has 2 heterocycles. The zero-order chi connectivity index (χ0) is 22.7. The van der Waals surface area contributed by atoms with Gasteiger partial charge in [0.15, 0.2) is 0 Å². The van der Waals surface area contributed by atoms with Gasteiger partial charge in [-0.1, -0.05) is 60.6 Å². The summed E-state index contributed by atoms with van der Waals surface area (Å²) in [6.45, 7) is 6.50. The lowest BCUT2D eigenvalue weighted by atomic mass is 9.95. The number of thioether (sulfide) groups is 1. The van der Waals surface area contributed by atoms with E-state index in [0.717, 1.165) is 29.1 Å². The number of amides is 1. The number of nitrogens with two attached hydrogens (primary N) is 1. The van der Waals surface area contributed by atoms with Crippen molar-refractivity contribution in [2.24, 2.45) is 5.73 Å². The number of nitrogens with one attached hydrogen (secondary N) is 1. The number of benzene rings is 2. The molecule has 2 aromatic carbocycles. The summed E-state index contributed by atoms with van der Waals surface area (Å²) in [6, 6.07) is 15.5. The first kappa shape index (κ1) is 22.0. The number of rotatable bonds is 8. The molecule has 1 aliphatic rings. The molecule has 1 amide bonds. The van der Waals surface area contributed by atoms with Gasteiger partial charge in [-0.2, -0.15) is 4.98 Å². The molecule has 1 aliphatic heterocycles. The number of carbonyl (C=O) groups is 1. The number of primary amides is 1. The van der Waals surface area contributed by atoms with Gasteiger partial charge in [0.25, 0.3) is 0 Å². The number of ether oxygens (including phenoxy) is 1. The van der Waals surface area contributed by atoms with E-state index < -0.39 is 11.9 Å². The zero-order valence-corrected chi connectivity index (χ0v) is 19.3. The molecule has 1 aromatic heterocycles. The minimum atomic E-state index is -0.483. The normalized spacial score (nSPS) is 15.3. The van der Waals surface area contributed by atoms with Crippen molar-refractivity contribution in [3.63, 3.8) is 0 Å². The Morgan fingerprint density at radius 3 is 2.53 bits per heavy atom. The van der Waals surface area contributed by atoms with Crippen LogP contribution in [0.5, 0.6) is 5.75 Å². The Labute approximate surface area is 192 Å². The summed E-state index contributed by atoms with van der Waals surface area (Å²) < 4.78 is 7.68. The largest absolute Gasteiger partial charge is 0.489 e. The summed E-state index contributed by atoms with van der Waals surface area (Å²) in [5, 5.41) is 8.50. The third-order valence-electron chi connectivity index (χ3n) is 5.26. The molecule has 0 fully saturated rings. The van der Waals surface area contributed by atoms with Gasteiger partial charge in [-0.25, -0.2) is 4.68 Å². The highest BCUT2D eigenvalue weighted by atomic mass is 32.2. The molecule has 3 aromatic rings. The molecule has 1 unspecified atom stereocenters. The summed E-state index contributed by atoms with van der Waals surface area (Å²) >= 11 is 1.59. The van der Waals surface area contributed by atoms with Crippen LogP contribution in [0.15, 0.2) is 65.0 Å². The van der Waals surface area contributed by atoms with Gasteiger partial charge in [-0.15, -0.1) is 5.10 Å². The van der Waals surface area contributed by atoms with Crippen LogP contribution >= 0.6 is 11.8 Å². The van der Waals surface area contributed by atoms with Crippen molar-refractivity contribution in [2.45, 2.75) is 45.0 Å². The molecule has 0 bridgehead atoms. The maximum absolute atomic E-state index is 12.3. The number of nitrogens with zero attached hydrogens (tertiary/aromatic N) is 3. The van der Waals surface area contributed by atoms with Crippen molar-refractivity contribution in [1.82, 2.24) is 14.8 Å². The number of hydrogen-bond acceptors (Lipinski definition) is 6. The summed E-state index contributed by atoms with van der Waals surface area (Å²) in [5.41, 5.74) is 10.1. The Hall–Kier alpha value is -3.26. The highest BCUT2D eigenvalue weighted by Gasteiger charge is 2.33. The molecule has 7 nitrogen and oxygen atoms in total. The number of hydrogen-bond donors (Lipinski definition) is 2. The van der Waals surface area contributed by atoms with Crippen LogP contribution in [0.3, 0.4) is 0 Å². The van der Waals surface area contributed by atoms with E-state index in [-0.39, 0.29) is 0 Å². The molecular formula is C24H27N5O2S. The van der Waals surface area contributed by atoms with Gasteiger partial charge in [-0.3, -0.25) is 4.79 Å². The molecule has 0 aliphatic carbocycles. The smallest absolute Gasteiger partial charge is 0.248 e. The highest BCUT2D eigenvalue weighted by molar-refractivity contribution is 7.99. The van der Waals surface area contributed by atoms with Gasteiger partial charge in [0.05, 0.1) is 5.57 Å². The molecule has 4 rings (SSSR count). The molecule has 8 heteroatoms. The lowest BCUT2D eigenvalue weighted by Crippen LogP contribution is -2.31. The Kier molecular flexibility index (Phi) is 6.50. The van der Waals surface area contributed by atoms with E-state index in [1.54, 1.807) is 16.4 Å². The van der Waals surface area contributed by atoms with Crippen LogP contribution in [0.2, 0.25) is 0 Å². The van der Waals surface area contributed by atoms with Crippen LogP contribution in [0, 0.1) is 6.92 Å². The van der Waals surface area contributed by atoms with Gasteiger partial charge >= 0.3 is 0 Å². The summed E-state index contributed by atoms with van der Waals surface area (Å²) in [7, 11) is 0. The van der Waals surface area contributed by atoms with Gasteiger partial charge in [0.2, 0.25) is 17.0 Å². The van der Waals surface area contributed by atoms with Gasteiger partial charge in [0.1, 0.15) is 18.4 Å². The van der Waals surface area contributed by atoms with Crippen molar-refractivity contribution >= 4 is 23.6 Å². The first-order valence-electron chi connectivity index (χ1n) is 10.6. The third kappa shape index (κ3) is 4.65. The minimum Gasteiger partial charge on any atom is -0.489 e. The molecule has 166 valence electrons. The number of aryl methyl sites for hydroxylation is 1. The predicted molar refractivity (Wildman–Crippen MR) is 127 cm³/mol. The molecule has 32 heavy (non-hydrogen) atoms. The Morgan fingerprint density at radius 1 is 1.16 bits per heavy atom. The van der Waals surface area contributed by atoms with Gasteiger partial charge in [0, 0.05) is 11.4 Å². The monoisotopic (exact) mass is 449 g/mol. The Bertz CT molecular complexity index is 1140. The van der Waals surface area contributed by atoms with Crippen molar-refractivity contribution in [3.8, 4) is 5.75 Å². The predicted octanol–water partition coefficient (Wildman–Crippen LogP) is 4.44. The van der Waals surface area contributed by atoms with Crippen molar-refractivity contribution < 1.29 is 9.53 Å². The number of anilines is 1. The number of carbonyl (C=O) groups excluding carboxylic acids is 1. The first-order chi connectivity index (χ1) is 15.5. The van der Waals surface area contributed by atoms with Crippen LogP contribution in [0.4, 0.5) is 5.95 Å². The zero-order valence-electron chi connectivity index (χ0n) is 18.5. The van der Waals surface area contributed by atoms with E-state index in [4.69, 9.17) is 10.5 Å². The van der Waals surface area contributed by atoms with E-state index in [0.29, 0.717) is 29.0 Å². The molecule has 0 spiro atoms. The van der Waals surface area contributed by atoms with E-state index >= 15 is 0 Å². The highest BCUT2D eigenvalue weighted by Crippen LogP contribution is 2.36. The van der Waals surface area contributed by atoms with Crippen LogP contribution in [0.25, 0.3) is 0 Å². The van der Waals surface area contributed by atoms with E-state index in [2.05, 4.69) is 53.5 Å². The van der Waals surface area contributed by atoms with E-state index in [9.17, 15) is 4.79 Å². The topological polar surface area (TPSA) is 95.1 Å². The minimum absolute atomic E-state index is 0.446. The molecule has 3 N–H and O–H groups in total. The third-order valence-corrected chi connectivity index (χ3v) is 6.30. The van der Waals surface area contributed by atoms with Crippen LogP contribution in [-0.2, 0) is 11.4 Å². The average molecular weight is 450 g/mol. The molecule has 0 saturated carbocycles. The van der Waals surface area contributed by atoms with Crippen molar-refractivity contribution in [1.29, 1.82) is 0 Å². The van der Waals surface area contributed by atoms with E-state index in [1.807, 2.05) is 31.2 Å². The molecule has 0 saturated heterocycles. The fraction of sp³-hybridized carbons (Fsp3) is 0.292. The average Bonchev–Trinajstić information content (AvgIpc) is 3.19. The second-order valence-corrected chi connectivity index (χ2v) is 8.85. The second kappa shape index (κ2) is 9.48. The van der Waals surface area contributed by atoms with Crippen molar-refractivity contribution in [3.05, 3.63) is 76.5 Å². The summed E-state index contributed by atoms with van der Waals surface area (Å²) in [4.78, 5) is 16.9. The van der Waals surface area contributed by atoms with Crippen LogP contribution in [0.1, 0.15) is 43.0 Å². The Balaban J connectivity index is 1.59. The maximum atomic E-state index is 12.3. The number of aromatic nitrogens is 3. The van der Waals surface area contributed by atoms with Crippen molar-refractivity contribution in [2.75, 3.05) is 11.1 Å². The first-order valence-corrected chi connectivity index (χ1v) is 11.6. The Morgan fingerprint density at radius 2 is 1.88 bits per heavy atom. The number of allylic oxidation sites excluding steroid dienone is 1. The quantitative estimate of drug-likeness (QED) is 0.494. The van der Waals surface area contributed by atoms with Crippen LogP contribution < -0.4 is 15.8 Å². The summed E-state index contributed by atoms with van der Waals surface area (Å²) in [5.74, 6) is 1.80. The molecular weight excluding hydrogens is 422 g/mol. The molecule has 1 atom stereocenters. The summed E-state index contributed by atoms with van der Waals surface area (Å²) in [6.07, 6.45) is 1.03. The van der Waals surface area contributed by atoms with Crippen LogP contribution in [-0.4, -0.2) is 26.4 Å². The second-order valence-electron chi connectivity index (χ2n) is 7.78.